The molecule has 12 heavy (non-hydrogen) atoms. The predicted octanol–water partition coefficient (Wildman–Crippen LogP) is 1.22. The van der Waals surface area contributed by atoms with Crippen molar-refractivity contribution in [3.05, 3.63) is 0 Å². The van der Waals surface area contributed by atoms with E-state index >= 15 is 0 Å². The third kappa shape index (κ3) is 1.38. The molecule has 2 rings (SSSR count). The molecule has 3 atom stereocenters. The standard InChI is InChI=1S/C10H19NO/c1-11-5-8-3-4-9(7-12-2)10(8)6-11/h8-10H,3-7H2,1-2H3/t8-,9-,10?/m0/s1. The molecule has 1 heterocycles. The Morgan fingerprint density at radius 3 is 2.92 bits per heavy atom. The maximum atomic E-state index is 5.25. The molecule has 2 nitrogen and oxygen atoms in total. The summed E-state index contributed by atoms with van der Waals surface area (Å²) in [6, 6.07) is 0. The summed E-state index contributed by atoms with van der Waals surface area (Å²) >= 11 is 0. The van der Waals surface area contributed by atoms with Gasteiger partial charge in [-0.3, -0.25) is 0 Å². The zero-order chi connectivity index (χ0) is 8.55. The number of methoxy groups -OCH3 is 1. The third-order valence-electron chi connectivity index (χ3n) is 3.57. The maximum absolute atomic E-state index is 5.25. The molecule has 1 aliphatic heterocycles. The lowest BCUT2D eigenvalue weighted by molar-refractivity contribution is 0.129. The number of hydrogen-bond donors (Lipinski definition) is 0. The number of rotatable bonds is 2. The normalized spacial score (nSPS) is 42.0. The lowest BCUT2D eigenvalue weighted by Crippen LogP contribution is -2.21. The van der Waals surface area contributed by atoms with E-state index in [-0.39, 0.29) is 0 Å². The smallest absolute Gasteiger partial charge is 0.0493 e. The molecule has 0 aromatic heterocycles. The molecule has 0 amide bonds. The molecule has 0 spiro atoms. The first-order valence-electron chi connectivity index (χ1n) is 4.98. The molecule has 1 saturated carbocycles. The van der Waals surface area contributed by atoms with E-state index in [0.29, 0.717) is 0 Å². The fourth-order valence-electron chi connectivity index (χ4n) is 3.02. The van der Waals surface area contributed by atoms with Gasteiger partial charge in [-0.1, -0.05) is 0 Å². The fraction of sp³-hybridized carbons (Fsp3) is 1.00. The molecule has 1 unspecified atom stereocenters. The molecule has 2 fully saturated rings. The number of hydrogen-bond acceptors (Lipinski definition) is 2. The van der Waals surface area contributed by atoms with Gasteiger partial charge in [0.1, 0.15) is 0 Å². The Bertz CT molecular complexity index is 158. The summed E-state index contributed by atoms with van der Waals surface area (Å²) in [5.74, 6) is 2.77. The monoisotopic (exact) mass is 169 g/mol. The van der Waals surface area contributed by atoms with Gasteiger partial charge in [0.2, 0.25) is 0 Å². The molecular formula is C10H19NO. The first-order chi connectivity index (χ1) is 5.81. The summed E-state index contributed by atoms with van der Waals surface area (Å²) in [6.07, 6.45) is 2.83. The van der Waals surface area contributed by atoms with E-state index < -0.39 is 0 Å². The largest absolute Gasteiger partial charge is 0.384 e. The van der Waals surface area contributed by atoms with E-state index in [0.717, 1.165) is 24.4 Å². The minimum absolute atomic E-state index is 0.852. The highest BCUT2D eigenvalue weighted by molar-refractivity contribution is 4.92. The highest BCUT2D eigenvalue weighted by atomic mass is 16.5. The Morgan fingerprint density at radius 1 is 1.33 bits per heavy atom. The maximum Gasteiger partial charge on any atom is 0.0493 e. The zero-order valence-electron chi connectivity index (χ0n) is 8.12. The van der Waals surface area contributed by atoms with Crippen LogP contribution >= 0.6 is 0 Å². The Hall–Kier alpha value is -0.0800. The van der Waals surface area contributed by atoms with Crippen LogP contribution in [0.15, 0.2) is 0 Å². The SMILES string of the molecule is COC[C@@H]1CC[C@H]2CN(C)CC12. The predicted molar refractivity (Wildman–Crippen MR) is 49.1 cm³/mol. The Balaban J connectivity index is 1.94. The van der Waals surface area contributed by atoms with Crippen molar-refractivity contribution in [1.29, 1.82) is 0 Å². The van der Waals surface area contributed by atoms with Crippen LogP contribution < -0.4 is 0 Å². The molecule has 1 saturated heterocycles. The Kier molecular flexibility index (Phi) is 2.37. The summed E-state index contributed by atoms with van der Waals surface area (Å²) in [6.45, 7) is 3.61. The van der Waals surface area contributed by atoms with Gasteiger partial charge in [-0.25, -0.2) is 0 Å². The van der Waals surface area contributed by atoms with Gasteiger partial charge >= 0.3 is 0 Å². The van der Waals surface area contributed by atoms with Crippen LogP contribution in [0.4, 0.5) is 0 Å². The van der Waals surface area contributed by atoms with Crippen LogP contribution in [0.1, 0.15) is 12.8 Å². The zero-order valence-corrected chi connectivity index (χ0v) is 8.12. The summed E-state index contributed by atoms with van der Waals surface area (Å²) < 4.78 is 5.25. The highest BCUT2D eigenvalue weighted by Gasteiger charge is 2.40. The number of nitrogens with zero attached hydrogens (tertiary/aromatic N) is 1. The highest BCUT2D eigenvalue weighted by Crippen LogP contribution is 2.41. The molecule has 0 aromatic carbocycles. The number of ether oxygens (including phenoxy) is 1. The van der Waals surface area contributed by atoms with Crippen LogP contribution in [-0.4, -0.2) is 38.8 Å². The van der Waals surface area contributed by atoms with Crippen molar-refractivity contribution < 1.29 is 4.74 Å². The van der Waals surface area contributed by atoms with Crippen molar-refractivity contribution in [2.75, 3.05) is 33.9 Å². The molecule has 70 valence electrons. The van der Waals surface area contributed by atoms with Gasteiger partial charge in [0.25, 0.3) is 0 Å². The van der Waals surface area contributed by atoms with Gasteiger partial charge in [-0.15, -0.1) is 0 Å². The molecule has 0 N–H and O–H groups in total. The quantitative estimate of drug-likeness (QED) is 0.616. The van der Waals surface area contributed by atoms with Crippen molar-refractivity contribution in [2.45, 2.75) is 12.8 Å². The lowest BCUT2D eigenvalue weighted by Gasteiger charge is -2.17. The van der Waals surface area contributed by atoms with E-state index in [1.807, 2.05) is 7.11 Å². The average Bonchev–Trinajstić information content (AvgIpc) is 2.52. The Labute approximate surface area is 74.9 Å². The van der Waals surface area contributed by atoms with Gasteiger partial charge in [-0.05, 0) is 37.6 Å². The third-order valence-corrected chi connectivity index (χ3v) is 3.57. The molecular weight excluding hydrogens is 150 g/mol. The summed E-state index contributed by atoms with van der Waals surface area (Å²) in [7, 11) is 4.06. The van der Waals surface area contributed by atoms with Crippen LogP contribution in [0.3, 0.4) is 0 Å². The van der Waals surface area contributed by atoms with Gasteiger partial charge in [0.15, 0.2) is 0 Å². The molecule has 1 aliphatic carbocycles. The molecule has 2 aliphatic rings. The first kappa shape index (κ1) is 8.52. The molecule has 0 bridgehead atoms. The van der Waals surface area contributed by atoms with Crippen LogP contribution in [0, 0.1) is 17.8 Å². The van der Waals surface area contributed by atoms with E-state index in [4.69, 9.17) is 4.74 Å². The summed E-state index contributed by atoms with van der Waals surface area (Å²) in [5, 5.41) is 0. The second kappa shape index (κ2) is 3.35. The topological polar surface area (TPSA) is 12.5 Å². The van der Waals surface area contributed by atoms with Crippen molar-refractivity contribution in [1.82, 2.24) is 4.90 Å². The van der Waals surface area contributed by atoms with E-state index in [1.165, 1.54) is 25.9 Å². The minimum Gasteiger partial charge on any atom is -0.384 e. The lowest BCUT2D eigenvalue weighted by atomic mass is 9.93. The van der Waals surface area contributed by atoms with E-state index in [2.05, 4.69) is 11.9 Å². The first-order valence-corrected chi connectivity index (χ1v) is 4.98. The van der Waals surface area contributed by atoms with Crippen LogP contribution in [0.25, 0.3) is 0 Å². The van der Waals surface area contributed by atoms with Crippen LogP contribution in [0.2, 0.25) is 0 Å². The van der Waals surface area contributed by atoms with Crippen molar-refractivity contribution in [3.8, 4) is 0 Å². The second-order valence-corrected chi connectivity index (χ2v) is 4.44. The number of likely N-dealkylation sites (tertiary alicyclic amines) is 1. The van der Waals surface area contributed by atoms with Crippen LogP contribution in [0.5, 0.6) is 0 Å². The molecule has 0 aromatic rings. The summed E-state index contributed by atoms with van der Waals surface area (Å²) in [4.78, 5) is 2.47. The van der Waals surface area contributed by atoms with Gasteiger partial charge in [0.05, 0.1) is 0 Å². The van der Waals surface area contributed by atoms with Gasteiger partial charge in [0, 0.05) is 26.8 Å². The number of fused-ring (bicyclic) bond motifs is 1. The molecule has 2 heteroatoms. The summed E-state index contributed by atoms with van der Waals surface area (Å²) in [5.41, 5.74) is 0. The Morgan fingerprint density at radius 2 is 2.17 bits per heavy atom. The van der Waals surface area contributed by atoms with E-state index in [9.17, 15) is 0 Å². The molecule has 0 radical (unpaired) electrons. The van der Waals surface area contributed by atoms with Gasteiger partial charge in [-0.2, -0.15) is 0 Å². The fourth-order valence-corrected chi connectivity index (χ4v) is 3.02. The van der Waals surface area contributed by atoms with Crippen LogP contribution in [-0.2, 0) is 4.74 Å². The van der Waals surface area contributed by atoms with Crippen molar-refractivity contribution in [3.63, 3.8) is 0 Å². The van der Waals surface area contributed by atoms with Crippen molar-refractivity contribution >= 4 is 0 Å². The second-order valence-electron chi connectivity index (χ2n) is 4.44. The van der Waals surface area contributed by atoms with E-state index in [1.54, 1.807) is 0 Å². The van der Waals surface area contributed by atoms with Gasteiger partial charge < -0.3 is 9.64 Å². The van der Waals surface area contributed by atoms with Crippen molar-refractivity contribution in [2.24, 2.45) is 17.8 Å². The minimum atomic E-state index is 0.852. The average molecular weight is 169 g/mol.